The monoisotopic (exact) mass is 681 g/mol. The maximum absolute atomic E-state index is 14.8. The van der Waals surface area contributed by atoms with Crippen molar-refractivity contribution in [2.45, 2.75) is 11.3 Å². The van der Waals surface area contributed by atoms with Gasteiger partial charge >= 0.3 is 0 Å². The Kier molecular flexibility index (Phi) is 7.19. The zero-order chi connectivity index (χ0) is 35.6. The van der Waals surface area contributed by atoms with Crippen LogP contribution in [0.25, 0.3) is 22.5 Å². The van der Waals surface area contributed by atoms with Gasteiger partial charge in [0.1, 0.15) is 28.9 Å². The molecular formula is C44H31N3O5. The number of aliphatic imine (C=N–C) groups is 1. The molecule has 252 valence electrons. The van der Waals surface area contributed by atoms with Crippen LogP contribution < -0.4 is 14.4 Å². The highest BCUT2D eigenvalue weighted by Gasteiger charge is 2.68. The van der Waals surface area contributed by atoms with Gasteiger partial charge < -0.3 is 13.9 Å². The SMILES string of the molecule is COc1ccc(-c2oc(N=CC34c5ccccc5C(c5ccccc53)[C@@H]3C(=O)N(c5ccccc5)C(=O)[C@H]34)c(C#N)c2-c2ccc(OC)cc2)cc1. The van der Waals surface area contributed by atoms with Gasteiger partial charge in [-0.25, -0.2) is 9.89 Å². The maximum atomic E-state index is 14.8. The fraction of sp³-hybridized carbons (Fsp3) is 0.136. The van der Waals surface area contributed by atoms with Gasteiger partial charge in [-0.05, 0) is 76.3 Å². The van der Waals surface area contributed by atoms with Crippen LogP contribution in [-0.4, -0.2) is 32.2 Å². The highest BCUT2D eigenvalue weighted by molar-refractivity contribution is 6.25. The van der Waals surface area contributed by atoms with Crippen molar-refractivity contribution in [2.24, 2.45) is 16.8 Å². The Morgan fingerprint density at radius 3 is 1.87 bits per heavy atom. The summed E-state index contributed by atoms with van der Waals surface area (Å²) in [4.78, 5) is 35.7. The van der Waals surface area contributed by atoms with Gasteiger partial charge in [0.05, 0.1) is 37.2 Å². The molecule has 1 aromatic heterocycles. The number of benzene rings is 5. The second-order valence-corrected chi connectivity index (χ2v) is 13.2. The number of imide groups is 1. The van der Waals surface area contributed by atoms with E-state index in [1.807, 2.05) is 103 Å². The molecule has 1 aliphatic heterocycles. The molecule has 0 unspecified atom stereocenters. The number of rotatable bonds is 7. The number of furan rings is 1. The minimum atomic E-state index is -1.14. The molecule has 2 amide bonds. The van der Waals surface area contributed by atoms with Crippen LogP contribution in [0, 0.1) is 23.2 Å². The van der Waals surface area contributed by atoms with Crippen LogP contribution in [0.15, 0.2) is 137 Å². The molecule has 2 heterocycles. The first-order valence-electron chi connectivity index (χ1n) is 17.0. The third kappa shape index (κ3) is 4.36. The van der Waals surface area contributed by atoms with Gasteiger partial charge in [-0.3, -0.25) is 9.59 Å². The zero-order valence-electron chi connectivity index (χ0n) is 28.3. The summed E-state index contributed by atoms with van der Waals surface area (Å²) >= 11 is 0. The van der Waals surface area contributed by atoms with E-state index in [9.17, 15) is 14.9 Å². The lowest BCUT2D eigenvalue weighted by Gasteiger charge is -2.52. The van der Waals surface area contributed by atoms with Crippen molar-refractivity contribution >= 4 is 29.6 Å². The van der Waals surface area contributed by atoms with Crippen molar-refractivity contribution in [1.29, 1.82) is 5.26 Å². The number of hydrogen-bond acceptors (Lipinski definition) is 7. The molecule has 8 heteroatoms. The standard InChI is InChI=1S/C44H31N3O5/c1-50-29-20-16-26(17-21-29)36-33(24-45)41(52-40(36)27-18-22-30(51-2)23-19-27)46-25-44-34-14-8-6-12-31(34)37(32-13-7-9-15-35(32)44)38-39(44)43(49)47(42(38)48)28-10-4-3-5-11-28/h3-23,25,37-39H,1-2H3/t37?,38-,39-,44?/m0/s1. The molecule has 0 N–H and O–H groups in total. The van der Waals surface area contributed by atoms with Crippen LogP contribution in [0.2, 0.25) is 0 Å². The summed E-state index contributed by atoms with van der Waals surface area (Å²) in [5, 5.41) is 10.7. The van der Waals surface area contributed by atoms with E-state index >= 15 is 0 Å². The highest BCUT2D eigenvalue weighted by Crippen LogP contribution is 2.64. The van der Waals surface area contributed by atoms with Crippen molar-refractivity contribution in [3.63, 3.8) is 0 Å². The number of anilines is 1. The predicted octanol–water partition coefficient (Wildman–Crippen LogP) is 8.46. The number of methoxy groups -OCH3 is 2. The Bertz CT molecular complexity index is 2410. The van der Waals surface area contributed by atoms with Gasteiger partial charge in [0.2, 0.25) is 17.7 Å². The Morgan fingerprint density at radius 2 is 1.29 bits per heavy atom. The molecule has 1 saturated heterocycles. The molecule has 2 bridgehead atoms. The molecular weight excluding hydrogens is 650 g/mol. The molecule has 1 fully saturated rings. The summed E-state index contributed by atoms with van der Waals surface area (Å²) in [6, 6.07) is 42.3. The second kappa shape index (κ2) is 12.0. The Labute approximate surface area is 300 Å². The molecule has 52 heavy (non-hydrogen) atoms. The summed E-state index contributed by atoms with van der Waals surface area (Å²) < 4.78 is 17.4. The van der Waals surface area contributed by atoms with Gasteiger partial charge in [-0.15, -0.1) is 0 Å². The molecule has 5 aromatic carbocycles. The van der Waals surface area contributed by atoms with E-state index in [4.69, 9.17) is 18.9 Å². The van der Waals surface area contributed by atoms with Crippen LogP contribution in [0.1, 0.15) is 33.7 Å². The molecule has 0 saturated carbocycles. The van der Waals surface area contributed by atoms with E-state index in [0.717, 1.165) is 33.4 Å². The lowest BCUT2D eigenvalue weighted by atomic mass is 9.47. The van der Waals surface area contributed by atoms with E-state index in [-0.39, 0.29) is 29.2 Å². The van der Waals surface area contributed by atoms with E-state index in [2.05, 4.69) is 18.2 Å². The lowest BCUT2D eigenvalue weighted by molar-refractivity contribution is -0.122. The molecule has 0 radical (unpaired) electrons. The average Bonchev–Trinajstić information content (AvgIpc) is 3.71. The van der Waals surface area contributed by atoms with Crippen LogP contribution in [0.3, 0.4) is 0 Å². The first-order valence-corrected chi connectivity index (χ1v) is 17.0. The normalized spacial score (nSPS) is 21.1. The topological polar surface area (TPSA) is 105 Å². The Hall–Kier alpha value is -6.72. The fourth-order valence-electron chi connectivity index (χ4n) is 8.63. The number of amides is 2. The van der Waals surface area contributed by atoms with E-state index in [1.54, 1.807) is 32.6 Å². The maximum Gasteiger partial charge on any atom is 0.239 e. The van der Waals surface area contributed by atoms with E-state index in [1.165, 1.54) is 4.90 Å². The van der Waals surface area contributed by atoms with Crippen LogP contribution >= 0.6 is 0 Å². The summed E-state index contributed by atoms with van der Waals surface area (Å²) in [5.74, 6) is -0.325. The fourth-order valence-corrected chi connectivity index (χ4v) is 8.63. The van der Waals surface area contributed by atoms with Crippen molar-refractivity contribution in [3.05, 3.63) is 155 Å². The number of ether oxygens (including phenoxy) is 2. The van der Waals surface area contributed by atoms with E-state index < -0.39 is 17.3 Å². The minimum absolute atomic E-state index is 0.101. The number of para-hydroxylation sites is 1. The van der Waals surface area contributed by atoms with Crippen molar-refractivity contribution < 1.29 is 23.5 Å². The molecule has 3 aliphatic carbocycles. The van der Waals surface area contributed by atoms with Crippen LogP contribution in [-0.2, 0) is 15.0 Å². The second-order valence-electron chi connectivity index (χ2n) is 13.2. The van der Waals surface area contributed by atoms with Crippen LogP contribution in [0.5, 0.6) is 11.5 Å². The third-order valence-corrected chi connectivity index (χ3v) is 10.8. The summed E-state index contributed by atoms with van der Waals surface area (Å²) in [6.07, 6.45) is 1.76. The molecule has 4 aliphatic rings. The summed E-state index contributed by atoms with van der Waals surface area (Å²) in [7, 11) is 3.20. The van der Waals surface area contributed by atoms with Crippen molar-refractivity contribution in [1.82, 2.24) is 0 Å². The molecule has 2 atom stereocenters. The highest BCUT2D eigenvalue weighted by atomic mass is 16.5. The number of nitrogens with zero attached hydrogens (tertiary/aromatic N) is 3. The number of carbonyl (C=O) groups is 2. The van der Waals surface area contributed by atoms with Gasteiger partial charge in [0, 0.05) is 23.3 Å². The number of carbonyl (C=O) groups excluding carboxylic acids is 2. The molecule has 10 rings (SSSR count). The van der Waals surface area contributed by atoms with Gasteiger partial charge in [0.15, 0.2) is 0 Å². The third-order valence-electron chi connectivity index (χ3n) is 10.8. The van der Waals surface area contributed by atoms with Crippen LogP contribution in [0.4, 0.5) is 11.6 Å². The zero-order valence-corrected chi connectivity index (χ0v) is 28.3. The largest absolute Gasteiger partial charge is 0.497 e. The van der Waals surface area contributed by atoms with E-state index in [0.29, 0.717) is 28.5 Å². The predicted molar refractivity (Wildman–Crippen MR) is 197 cm³/mol. The molecule has 6 aromatic rings. The summed E-state index contributed by atoms with van der Waals surface area (Å²) in [5.41, 5.74) is 5.50. The first kappa shape index (κ1) is 31.3. The quantitative estimate of drug-likeness (QED) is 0.124. The van der Waals surface area contributed by atoms with Gasteiger partial charge in [-0.2, -0.15) is 5.26 Å². The smallest absolute Gasteiger partial charge is 0.239 e. The lowest BCUT2D eigenvalue weighted by Crippen LogP contribution is -2.54. The Balaban J connectivity index is 1.28. The first-order chi connectivity index (χ1) is 25.5. The summed E-state index contributed by atoms with van der Waals surface area (Å²) in [6.45, 7) is 0. The Morgan fingerprint density at radius 1 is 0.731 bits per heavy atom. The number of hydrogen-bond donors (Lipinski definition) is 0. The molecule has 0 spiro atoms. The van der Waals surface area contributed by atoms with Crippen molar-refractivity contribution in [2.75, 3.05) is 19.1 Å². The molecule has 8 nitrogen and oxygen atoms in total. The number of nitriles is 1. The van der Waals surface area contributed by atoms with Crippen molar-refractivity contribution in [3.8, 4) is 40.0 Å². The van der Waals surface area contributed by atoms with Gasteiger partial charge in [0.25, 0.3) is 0 Å². The minimum Gasteiger partial charge on any atom is -0.497 e. The van der Waals surface area contributed by atoms with Gasteiger partial charge in [-0.1, -0.05) is 78.9 Å². The average molecular weight is 682 g/mol.